The number of carboxylic acid groups (broad SMARTS) is 1. The standard InChI is InChI=1S/C18H19NO4/c1-23-11-4-2-3-10(9-11)19-16(20)14-12-5-6-13(15(14)17(21)22)18(12)7-8-18/h2-6,9,12-15H,7-8H2,1H3,(H,19,20)(H,21,22)/p-1/t12-,13+,14-,15+/m1/s1. The predicted molar refractivity (Wildman–Crippen MR) is 81.4 cm³/mol. The van der Waals surface area contributed by atoms with Gasteiger partial charge in [0.05, 0.1) is 13.0 Å². The third-order valence-electron chi connectivity index (χ3n) is 5.75. The topological polar surface area (TPSA) is 78.5 Å². The molecular weight excluding hydrogens is 294 g/mol. The molecule has 0 saturated heterocycles. The molecule has 4 atom stereocenters. The van der Waals surface area contributed by atoms with Crippen molar-refractivity contribution in [2.45, 2.75) is 12.8 Å². The van der Waals surface area contributed by atoms with E-state index in [-0.39, 0.29) is 23.2 Å². The van der Waals surface area contributed by atoms with Crippen molar-refractivity contribution < 1.29 is 19.4 Å². The van der Waals surface area contributed by atoms with Gasteiger partial charge in [0.15, 0.2) is 0 Å². The van der Waals surface area contributed by atoms with Crippen molar-refractivity contribution in [3.63, 3.8) is 0 Å². The number of benzene rings is 1. The third kappa shape index (κ3) is 1.99. The molecule has 0 aliphatic heterocycles. The van der Waals surface area contributed by atoms with Gasteiger partial charge in [-0.15, -0.1) is 0 Å². The number of carboxylic acids is 1. The summed E-state index contributed by atoms with van der Waals surface area (Å²) in [5.74, 6) is -2.03. The minimum atomic E-state index is -1.11. The molecule has 2 bridgehead atoms. The molecule has 0 heterocycles. The van der Waals surface area contributed by atoms with Gasteiger partial charge in [-0.1, -0.05) is 18.2 Å². The van der Waals surface area contributed by atoms with E-state index in [9.17, 15) is 14.7 Å². The summed E-state index contributed by atoms with van der Waals surface area (Å²) >= 11 is 0. The number of amides is 1. The highest BCUT2D eigenvalue weighted by molar-refractivity contribution is 5.96. The van der Waals surface area contributed by atoms with E-state index in [0.29, 0.717) is 11.4 Å². The Morgan fingerprint density at radius 3 is 2.52 bits per heavy atom. The van der Waals surface area contributed by atoms with Crippen molar-refractivity contribution in [2.24, 2.45) is 29.1 Å². The molecule has 3 aliphatic carbocycles. The van der Waals surface area contributed by atoms with Crippen LogP contribution in [0.3, 0.4) is 0 Å². The molecule has 2 saturated carbocycles. The van der Waals surface area contributed by atoms with Crippen LogP contribution < -0.4 is 15.2 Å². The van der Waals surface area contributed by atoms with Crippen LogP contribution in [-0.4, -0.2) is 19.0 Å². The van der Waals surface area contributed by atoms with Crippen LogP contribution in [-0.2, 0) is 9.59 Å². The number of carbonyl (C=O) groups excluding carboxylic acids is 2. The SMILES string of the molecule is COc1cccc(NC(=O)[C@H]2[C@@H](C(=O)[O-])[C@@H]3C=C[C@H]2C32CC2)c1. The van der Waals surface area contributed by atoms with Crippen molar-refractivity contribution >= 4 is 17.6 Å². The van der Waals surface area contributed by atoms with Crippen molar-refractivity contribution in [1.29, 1.82) is 0 Å². The van der Waals surface area contributed by atoms with Crippen LogP contribution in [0.4, 0.5) is 5.69 Å². The molecule has 3 aliphatic rings. The summed E-state index contributed by atoms with van der Waals surface area (Å²) in [5, 5.41) is 14.5. The first-order chi connectivity index (χ1) is 11.1. The van der Waals surface area contributed by atoms with Crippen molar-refractivity contribution in [1.82, 2.24) is 0 Å². The summed E-state index contributed by atoms with van der Waals surface area (Å²) in [6.07, 6.45) is 6.02. The van der Waals surface area contributed by atoms with E-state index in [1.165, 1.54) is 0 Å². The summed E-state index contributed by atoms with van der Waals surface area (Å²) in [4.78, 5) is 24.4. The first kappa shape index (κ1) is 14.3. The van der Waals surface area contributed by atoms with Gasteiger partial charge in [0.2, 0.25) is 5.91 Å². The number of carbonyl (C=O) groups is 2. The zero-order chi connectivity index (χ0) is 16.2. The molecule has 0 aromatic heterocycles. The second-order valence-corrected chi connectivity index (χ2v) is 6.76. The average molecular weight is 312 g/mol. The molecule has 1 amide bonds. The van der Waals surface area contributed by atoms with E-state index in [4.69, 9.17) is 4.74 Å². The molecule has 1 spiro atoms. The first-order valence-electron chi connectivity index (χ1n) is 7.91. The fourth-order valence-corrected chi connectivity index (χ4v) is 4.60. The van der Waals surface area contributed by atoms with Gasteiger partial charge >= 0.3 is 0 Å². The quantitative estimate of drug-likeness (QED) is 0.848. The molecule has 1 aromatic rings. The monoisotopic (exact) mass is 312 g/mol. The van der Waals surface area contributed by atoms with E-state index < -0.39 is 17.8 Å². The van der Waals surface area contributed by atoms with Gasteiger partial charge in [-0.3, -0.25) is 4.79 Å². The molecule has 23 heavy (non-hydrogen) atoms. The lowest BCUT2D eigenvalue weighted by molar-refractivity contribution is -0.313. The van der Waals surface area contributed by atoms with Gasteiger partial charge in [0.1, 0.15) is 5.75 Å². The Kier molecular flexibility index (Phi) is 3.01. The van der Waals surface area contributed by atoms with Crippen LogP contribution >= 0.6 is 0 Å². The lowest BCUT2D eigenvalue weighted by atomic mass is 9.82. The zero-order valence-electron chi connectivity index (χ0n) is 12.8. The second kappa shape index (κ2) is 4.85. The number of nitrogens with one attached hydrogen (secondary N) is 1. The third-order valence-corrected chi connectivity index (χ3v) is 5.75. The Morgan fingerprint density at radius 2 is 1.91 bits per heavy atom. The number of anilines is 1. The minimum Gasteiger partial charge on any atom is -0.550 e. The van der Waals surface area contributed by atoms with Gasteiger partial charge in [0, 0.05) is 23.6 Å². The van der Waals surface area contributed by atoms with E-state index in [1.54, 1.807) is 31.4 Å². The molecule has 0 radical (unpaired) electrons. The van der Waals surface area contributed by atoms with Gasteiger partial charge < -0.3 is 20.0 Å². The fourth-order valence-electron chi connectivity index (χ4n) is 4.60. The molecule has 5 nitrogen and oxygen atoms in total. The maximum Gasteiger partial charge on any atom is 0.228 e. The van der Waals surface area contributed by atoms with Crippen LogP contribution in [0.25, 0.3) is 0 Å². The zero-order valence-corrected chi connectivity index (χ0v) is 12.8. The maximum absolute atomic E-state index is 12.8. The van der Waals surface area contributed by atoms with Gasteiger partial charge in [-0.25, -0.2) is 0 Å². The maximum atomic E-state index is 12.8. The first-order valence-corrected chi connectivity index (χ1v) is 7.91. The number of methoxy groups -OCH3 is 1. The highest BCUT2D eigenvalue weighted by Gasteiger charge is 2.68. The van der Waals surface area contributed by atoms with Crippen molar-refractivity contribution in [2.75, 3.05) is 12.4 Å². The molecule has 0 unspecified atom stereocenters. The predicted octanol–water partition coefficient (Wildman–Crippen LogP) is 1.21. The van der Waals surface area contributed by atoms with Gasteiger partial charge in [0.25, 0.3) is 0 Å². The Labute approximate surface area is 134 Å². The van der Waals surface area contributed by atoms with Crippen molar-refractivity contribution in [3.05, 3.63) is 36.4 Å². The Bertz CT molecular complexity index is 707. The summed E-state index contributed by atoms with van der Waals surface area (Å²) in [6.45, 7) is 0. The number of ether oxygens (including phenoxy) is 1. The molecule has 2 fully saturated rings. The Morgan fingerprint density at radius 1 is 1.22 bits per heavy atom. The van der Waals surface area contributed by atoms with E-state index >= 15 is 0 Å². The number of allylic oxidation sites excluding steroid dienone is 2. The van der Waals surface area contributed by atoms with E-state index in [1.807, 2.05) is 12.2 Å². The van der Waals surface area contributed by atoms with Crippen LogP contribution in [0.1, 0.15) is 12.8 Å². The number of hydrogen-bond acceptors (Lipinski definition) is 4. The van der Waals surface area contributed by atoms with Crippen molar-refractivity contribution in [3.8, 4) is 5.75 Å². The molecule has 4 rings (SSSR count). The summed E-state index contributed by atoms with van der Waals surface area (Å²) in [7, 11) is 1.56. The molecule has 1 N–H and O–H groups in total. The summed E-state index contributed by atoms with van der Waals surface area (Å²) < 4.78 is 5.15. The smallest absolute Gasteiger partial charge is 0.228 e. The number of aliphatic carboxylic acids is 1. The molecule has 5 heteroatoms. The highest BCUT2D eigenvalue weighted by Crippen LogP contribution is 2.71. The average Bonchev–Trinajstić information content (AvgIpc) is 3.20. The molecule has 120 valence electrons. The highest BCUT2D eigenvalue weighted by atomic mass is 16.5. The summed E-state index contributed by atoms with van der Waals surface area (Å²) in [5.41, 5.74) is 0.615. The Balaban J connectivity index is 1.60. The molecule has 1 aromatic carbocycles. The van der Waals surface area contributed by atoms with Gasteiger partial charge in [-0.2, -0.15) is 0 Å². The molecular formula is C18H18NO4-. The van der Waals surface area contributed by atoms with E-state index in [0.717, 1.165) is 12.8 Å². The largest absolute Gasteiger partial charge is 0.550 e. The summed E-state index contributed by atoms with van der Waals surface area (Å²) in [6, 6.07) is 7.07. The fraction of sp³-hybridized carbons (Fsp3) is 0.444. The lowest BCUT2D eigenvalue weighted by Crippen LogP contribution is -2.42. The van der Waals surface area contributed by atoms with Crippen LogP contribution in [0.2, 0.25) is 0 Å². The lowest BCUT2D eigenvalue weighted by Gasteiger charge is -2.27. The number of rotatable bonds is 4. The minimum absolute atomic E-state index is 0.00111. The van der Waals surface area contributed by atoms with Crippen LogP contribution in [0.5, 0.6) is 5.75 Å². The normalized spacial score (nSPS) is 32.0. The Hall–Kier alpha value is -2.30. The second-order valence-electron chi connectivity index (χ2n) is 6.76. The van der Waals surface area contributed by atoms with Crippen LogP contribution in [0.15, 0.2) is 36.4 Å². The van der Waals surface area contributed by atoms with Crippen LogP contribution in [0, 0.1) is 29.1 Å². The number of hydrogen-bond donors (Lipinski definition) is 1. The van der Waals surface area contributed by atoms with Gasteiger partial charge in [-0.05, 0) is 42.2 Å². The van der Waals surface area contributed by atoms with E-state index in [2.05, 4.69) is 5.32 Å².